The lowest BCUT2D eigenvalue weighted by Gasteiger charge is -2.24. The molecule has 0 aliphatic carbocycles. The zero-order chi connectivity index (χ0) is 21.7. The summed E-state index contributed by atoms with van der Waals surface area (Å²) in [6.07, 6.45) is -3.82. The van der Waals surface area contributed by atoms with Crippen molar-refractivity contribution < 1.29 is 27.5 Å². The van der Waals surface area contributed by atoms with E-state index in [1.54, 1.807) is 29.2 Å². The summed E-state index contributed by atoms with van der Waals surface area (Å²) < 4.78 is 44.0. The maximum atomic E-state index is 12.8. The lowest BCUT2D eigenvalue weighted by atomic mass is 10.1. The van der Waals surface area contributed by atoms with E-state index >= 15 is 0 Å². The molecule has 1 aliphatic rings. The fourth-order valence-corrected chi connectivity index (χ4v) is 4.32. The van der Waals surface area contributed by atoms with E-state index in [1.165, 1.54) is 30.8 Å². The third-order valence-electron chi connectivity index (χ3n) is 4.46. The quantitative estimate of drug-likeness (QED) is 0.637. The molecule has 9 heteroatoms. The Morgan fingerprint density at radius 2 is 1.97 bits per heavy atom. The number of nitrogens with zero attached hydrogens (tertiary/aromatic N) is 1. The first-order valence-corrected chi connectivity index (χ1v) is 10.4. The summed E-state index contributed by atoms with van der Waals surface area (Å²) in [5.74, 6) is 0.678. The molecule has 160 valence electrons. The van der Waals surface area contributed by atoms with E-state index in [-0.39, 0.29) is 17.2 Å². The van der Waals surface area contributed by atoms with Crippen molar-refractivity contribution in [3.05, 3.63) is 59.7 Å². The molecule has 2 amide bonds. The van der Waals surface area contributed by atoms with E-state index in [0.717, 1.165) is 12.1 Å². The molecular weight excluding hydrogens is 417 g/mol. The summed E-state index contributed by atoms with van der Waals surface area (Å²) in [5, 5.41) is 2.38. The molecule has 1 N–H and O–H groups in total. The fraction of sp³-hybridized carbons (Fsp3) is 0.333. The molecule has 2 aromatic rings. The molecule has 1 heterocycles. The van der Waals surface area contributed by atoms with Gasteiger partial charge in [0.15, 0.2) is 0 Å². The van der Waals surface area contributed by atoms with Crippen LogP contribution in [0.2, 0.25) is 0 Å². The van der Waals surface area contributed by atoms with Crippen molar-refractivity contribution in [1.82, 2.24) is 4.90 Å². The molecule has 2 aromatic carbocycles. The molecule has 1 aliphatic heterocycles. The second-order valence-electron chi connectivity index (χ2n) is 6.78. The van der Waals surface area contributed by atoms with Crippen LogP contribution in [0.1, 0.15) is 29.8 Å². The lowest BCUT2D eigenvalue weighted by Crippen LogP contribution is -2.30. The van der Waals surface area contributed by atoms with Crippen molar-refractivity contribution >= 4 is 29.3 Å². The molecule has 5 nitrogen and oxygen atoms in total. The van der Waals surface area contributed by atoms with Gasteiger partial charge in [0.05, 0.1) is 17.9 Å². The fourth-order valence-electron chi connectivity index (χ4n) is 3.10. The summed E-state index contributed by atoms with van der Waals surface area (Å²) in [5.41, 5.74) is 0.596. The van der Waals surface area contributed by atoms with Gasteiger partial charge in [0, 0.05) is 25.2 Å². The van der Waals surface area contributed by atoms with Crippen molar-refractivity contribution in [1.29, 1.82) is 0 Å². The van der Waals surface area contributed by atoms with Crippen molar-refractivity contribution in [2.24, 2.45) is 0 Å². The van der Waals surface area contributed by atoms with E-state index in [2.05, 4.69) is 5.32 Å². The number of nitrogens with one attached hydrogen (secondary N) is 1. The van der Waals surface area contributed by atoms with Crippen LogP contribution in [-0.4, -0.2) is 35.6 Å². The van der Waals surface area contributed by atoms with E-state index in [4.69, 9.17) is 4.74 Å². The minimum Gasteiger partial charge on any atom is -0.493 e. The van der Waals surface area contributed by atoms with Gasteiger partial charge in [0.25, 0.3) is 0 Å². The smallest absolute Gasteiger partial charge is 0.416 e. The molecule has 0 aromatic heterocycles. The third-order valence-corrected chi connectivity index (χ3v) is 5.71. The van der Waals surface area contributed by atoms with Crippen LogP contribution >= 0.6 is 11.8 Å². The number of hydrogen-bond donors (Lipinski definition) is 1. The number of carbonyl (C=O) groups is 2. The number of hydrogen-bond acceptors (Lipinski definition) is 4. The van der Waals surface area contributed by atoms with Crippen LogP contribution in [0.15, 0.2) is 48.5 Å². The number of anilines is 1. The molecule has 30 heavy (non-hydrogen) atoms. The number of ether oxygens (including phenoxy) is 1. The van der Waals surface area contributed by atoms with Gasteiger partial charge in [-0.3, -0.25) is 9.59 Å². The monoisotopic (exact) mass is 438 g/mol. The Hall–Kier alpha value is -2.68. The number of thioether (sulfide) groups is 1. The largest absolute Gasteiger partial charge is 0.493 e. The normalized spacial score (nSPS) is 16.6. The van der Waals surface area contributed by atoms with Gasteiger partial charge >= 0.3 is 6.18 Å². The average Bonchev–Trinajstić information content (AvgIpc) is 3.05. The van der Waals surface area contributed by atoms with Gasteiger partial charge in [-0.1, -0.05) is 18.2 Å². The molecule has 0 spiro atoms. The second-order valence-corrected chi connectivity index (χ2v) is 7.85. The predicted octanol–water partition coefficient (Wildman–Crippen LogP) is 4.71. The number of carbonyl (C=O) groups excluding carboxylic acids is 2. The van der Waals surface area contributed by atoms with Crippen LogP contribution in [0, 0.1) is 0 Å². The minimum atomic E-state index is -4.38. The molecule has 0 saturated carbocycles. The third kappa shape index (κ3) is 5.69. The number of rotatable bonds is 7. The molecule has 3 rings (SSSR count). The SMILES string of the molecule is CC(=O)Nc1cccc(OCCCN2C(=O)CSC2c2ccc(C(F)(F)F)cc2)c1. The number of alkyl halides is 3. The highest BCUT2D eigenvalue weighted by Crippen LogP contribution is 2.39. The first-order valence-electron chi connectivity index (χ1n) is 9.33. The summed E-state index contributed by atoms with van der Waals surface area (Å²) in [6.45, 7) is 2.21. The Bertz CT molecular complexity index is 903. The zero-order valence-electron chi connectivity index (χ0n) is 16.2. The van der Waals surface area contributed by atoms with Gasteiger partial charge < -0.3 is 15.0 Å². The highest BCUT2D eigenvalue weighted by atomic mass is 32.2. The predicted molar refractivity (Wildman–Crippen MR) is 109 cm³/mol. The average molecular weight is 438 g/mol. The topological polar surface area (TPSA) is 58.6 Å². The van der Waals surface area contributed by atoms with Crippen LogP contribution in [0.4, 0.5) is 18.9 Å². The van der Waals surface area contributed by atoms with Crippen LogP contribution < -0.4 is 10.1 Å². The number of benzene rings is 2. The summed E-state index contributed by atoms with van der Waals surface area (Å²) >= 11 is 1.40. The van der Waals surface area contributed by atoms with E-state index in [0.29, 0.717) is 42.3 Å². The lowest BCUT2D eigenvalue weighted by molar-refractivity contribution is -0.137. The highest BCUT2D eigenvalue weighted by Gasteiger charge is 2.34. The van der Waals surface area contributed by atoms with Crippen molar-refractivity contribution in [3.8, 4) is 5.75 Å². The van der Waals surface area contributed by atoms with Crippen molar-refractivity contribution in [2.45, 2.75) is 24.9 Å². The van der Waals surface area contributed by atoms with Gasteiger partial charge in [-0.2, -0.15) is 13.2 Å². The van der Waals surface area contributed by atoms with Gasteiger partial charge in [-0.25, -0.2) is 0 Å². The molecular formula is C21H21F3N2O3S. The first-order chi connectivity index (χ1) is 14.2. The number of halogens is 3. The van der Waals surface area contributed by atoms with Gasteiger partial charge in [0.1, 0.15) is 11.1 Å². The minimum absolute atomic E-state index is 0.0439. The Morgan fingerprint density at radius 3 is 2.63 bits per heavy atom. The van der Waals surface area contributed by atoms with Crippen molar-refractivity contribution in [3.63, 3.8) is 0 Å². The summed E-state index contributed by atoms with van der Waals surface area (Å²) in [4.78, 5) is 25.0. The summed E-state index contributed by atoms with van der Waals surface area (Å²) in [7, 11) is 0. The van der Waals surface area contributed by atoms with Crippen molar-refractivity contribution in [2.75, 3.05) is 24.2 Å². The highest BCUT2D eigenvalue weighted by molar-refractivity contribution is 8.00. The summed E-state index contributed by atoms with van der Waals surface area (Å²) in [6, 6.07) is 11.9. The van der Waals surface area contributed by atoms with Gasteiger partial charge in [-0.15, -0.1) is 11.8 Å². The van der Waals surface area contributed by atoms with Gasteiger partial charge in [0.2, 0.25) is 11.8 Å². The molecule has 0 radical (unpaired) electrons. The molecule has 1 atom stereocenters. The maximum absolute atomic E-state index is 12.8. The van der Waals surface area contributed by atoms with Gasteiger partial charge in [-0.05, 0) is 36.2 Å². The molecule has 1 fully saturated rings. The Balaban J connectivity index is 1.55. The van der Waals surface area contributed by atoms with E-state index in [9.17, 15) is 22.8 Å². The van der Waals surface area contributed by atoms with Crippen LogP contribution in [0.3, 0.4) is 0 Å². The van der Waals surface area contributed by atoms with E-state index in [1.807, 2.05) is 0 Å². The molecule has 1 saturated heterocycles. The molecule has 1 unspecified atom stereocenters. The second kappa shape index (κ2) is 9.42. The molecule has 0 bridgehead atoms. The maximum Gasteiger partial charge on any atom is 0.416 e. The van der Waals surface area contributed by atoms with Crippen LogP contribution in [0.25, 0.3) is 0 Å². The van der Waals surface area contributed by atoms with E-state index < -0.39 is 11.7 Å². The standard InChI is InChI=1S/C21H21F3N2O3S/c1-14(27)25-17-4-2-5-18(12-17)29-11-3-10-26-19(28)13-30-20(26)15-6-8-16(9-7-15)21(22,23)24/h2,4-9,12,20H,3,10-11,13H2,1H3,(H,25,27). The first kappa shape index (κ1) is 22.0. The Morgan fingerprint density at radius 1 is 1.23 bits per heavy atom. The van der Waals surface area contributed by atoms with Crippen LogP contribution in [-0.2, 0) is 15.8 Å². The Kier molecular flexibility index (Phi) is 6.91. The zero-order valence-corrected chi connectivity index (χ0v) is 17.1. The number of amides is 2. The Labute approximate surface area is 176 Å². The van der Waals surface area contributed by atoms with Crippen LogP contribution in [0.5, 0.6) is 5.75 Å².